The minimum absolute atomic E-state index is 0.0495. The molecule has 9 heteroatoms. The maximum Gasteiger partial charge on any atom is 0.264 e. The zero-order valence-corrected chi connectivity index (χ0v) is 27.6. The average molecular weight is 646 g/mol. The highest BCUT2D eigenvalue weighted by molar-refractivity contribution is 7.92. The van der Waals surface area contributed by atoms with Gasteiger partial charge in [0.15, 0.2) is 0 Å². The fourth-order valence-corrected chi connectivity index (χ4v) is 6.69. The van der Waals surface area contributed by atoms with Crippen molar-refractivity contribution in [2.75, 3.05) is 10.8 Å². The summed E-state index contributed by atoms with van der Waals surface area (Å²) in [4.78, 5) is 29.8. The van der Waals surface area contributed by atoms with Gasteiger partial charge < -0.3 is 10.2 Å². The molecule has 7 nitrogen and oxygen atoms in total. The lowest BCUT2D eigenvalue weighted by atomic mass is 10.0. The zero-order valence-electron chi connectivity index (χ0n) is 26.1. The van der Waals surface area contributed by atoms with E-state index in [4.69, 9.17) is 11.6 Å². The molecular formula is C36H40ClN3O4S. The Labute approximate surface area is 271 Å². The van der Waals surface area contributed by atoms with E-state index in [1.807, 2.05) is 62.4 Å². The molecule has 0 unspecified atom stereocenters. The molecule has 2 amide bonds. The topological polar surface area (TPSA) is 86.8 Å². The molecule has 0 heterocycles. The molecule has 0 aliphatic carbocycles. The van der Waals surface area contributed by atoms with Crippen molar-refractivity contribution in [3.63, 3.8) is 0 Å². The van der Waals surface area contributed by atoms with Crippen LogP contribution in [0.5, 0.6) is 0 Å². The average Bonchev–Trinajstić information content (AvgIpc) is 3.02. The molecule has 4 rings (SSSR count). The van der Waals surface area contributed by atoms with Crippen molar-refractivity contribution in [1.29, 1.82) is 0 Å². The smallest absolute Gasteiger partial charge is 0.264 e. The van der Waals surface area contributed by atoms with E-state index in [2.05, 4.69) is 19.2 Å². The van der Waals surface area contributed by atoms with Crippen LogP contribution in [0.4, 0.5) is 5.69 Å². The third-order valence-corrected chi connectivity index (χ3v) is 9.42. The van der Waals surface area contributed by atoms with Crippen molar-refractivity contribution in [3.05, 3.63) is 131 Å². The molecule has 1 N–H and O–H groups in total. The predicted molar refractivity (Wildman–Crippen MR) is 181 cm³/mol. The zero-order chi connectivity index (χ0) is 32.6. The summed E-state index contributed by atoms with van der Waals surface area (Å²) < 4.78 is 29.3. The number of sulfonamides is 1. The van der Waals surface area contributed by atoms with Gasteiger partial charge in [-0.2, -0.15) is 0 Å². The van der Waals surface area contributed by atoms with Crippen molar-refractivity contribution < 1.29 is 18.0 Å². The molecule has 1 atom stereocenters. The summed E-state index contributed by atoms with van der Waals surface area (Å²) in [5, 5.41) is 3.45. The monoisotopic (exact) mass is 645 g/mol. The van der Waals surface area contributed by atoms with E-state index in [-0.39, 0.29) is 35.7 Å². The van der Waals surface area contributed by atoms with Crippen LogP contribution in [0.3, 0.4) is 0 Å². The van der Waals surface area contributed by atoms with E-state index < -0.39 is 28.5 Å². The van der Waals surface area contributed by atoms with Crippen LogP contribution < -0.4 is 9.62 Å². The number of nitrogens with zero attached hydrogens (tertiary/aromatic N) is 2. The highest BCUT2D eigenvalue weighted by Crippen LogP contribution is 2.27. The first-order chi connectivity index (χ1) is 21.5. The number of hydrogen-bond donors (Lipinski definition) is 1. The Hall–Kier alpha value is -4.14. The first-order valence-electron chi connectivity index (χ1n) is 15.0. The fraction of sp³-hybridized carbons (Fsp3) is 0.278. The summed E-state index contributed by atoms with van der Waals surface area (Å²) in [7, 11) is -4.16. The van der Waals surface area contributed by atoms with Crippen LogP contribution in [0.15, 0.2) is 114 Å². The van der Waals surface area contributed by atoms with Crippen LogP contribution in [0.2, 0.25) is 5.02 Å². The van der Waals surface area contributed by atoms with Gasteiger partial charge in [0.25, 0.3) is 10.0 Å². The first-order valence-corrected chi connectivity index (χ1v) is 16.8. The van der Waals surface area contributed by atoms with Gasteiger partial charge in [-0.15, -0.1) is 0 Å². The molecular weight excluding hydrogens is 606 g/mol. The van der Waals surface area contributed by atoms with Crippen LogP contribution in [0.1, 0.15) is 50.3 Å². The number of nitrogens with one attached hydrogen (secondary N) is 1. The molecule has 0 saturated heterocycles. The summed E-state index contributed by atoms with van der Waals surface area (Å²) in [5.74, 6) is -0.614. The summed E-state index contributed by atoms with van der Waals surface area (Å²) >= 11 is 6.31. The van der Waals surface area contributed by atoms with Crippen molar-refractivity contribution >= 4 is 39.1 Å². The molecule has 0 fully saturated rings. The van der Waals surface area contributed by atoms with E-state index in [0.29, 0.717) is 16.3 Å². The van der Waals surface area contributed by atoms with Gasteiger partial charge in [-0.3, -0.25) is 13.9 Å². The third kappa shape index (κ3) is 8.96. The summed E-state index contributed by atoms with van der Waals surface area (Å²) in [6.45, 7) is 7.36. The second-order valence-electron chi connectivity index (χ2n) is 11.6. The molecule has 45 heavy (non-hydrogen) atoms. The Bertz CT molecular complexity index is 1680. The molecule has 236 valence electrons. The number of anilines is 1. The van der Waals surface area contributed by atoms with Gasteiger partial charge in [0.2, 0.25) is 11.8 Å². The number of carbonyl (C=O) groups is 2. The van der Waals surface area contributed by atoms with Crippen molar-refractivity contribution in [1.82, 2.24) is 10.2 Å². The van der Waals surface area contributed by atoms with Crippen molar-refractivity contribution in [2.24, 2.45) is 0 Å². The minimum Gasteiger partial charge on any atom is -0.352 e. The maximum atomic E-state index is 14.5. The lowest BCUT2D eigenvalue weighted by Crippen LogP contribution is -2.54. The Balaban J connectivity index is 1.81. The summed E-state index contributed by atoms with van der Waals surface area (Å²) in [6, 6.07) is 30.7. The number of amides is 2. The van der Waals surface area contributed by atoms with Crippen LogP contribution in [0, 0.1) is 0 Å². The van der Waals surface area contributed by atoms with Gasteiger partial charge in [0.05, 0.1) is 10.6 Å². The van der Waals surface area contributed by atoms with Crippen LogP contribution in [0.25, 0.3) is 0 Å². The summed E-state index contributed by atoms with van der Waals surface area (Å²) in [6.07, 6.45) is 0.236. The highest BCUT2D eigenvalue weighted by atomic mass is 35.5. The van der Waals surface area contributed by atoms with E-state index >= 15 is 0 Å². The molecule has 0 radical (unpaired) electrons. The number of rotatable bonds is 13. The van der Waals surface area contributed by atoms with Gasteiger partial charge in [-0.05, 0) is 72.9 Å². The fourth-order valence-electron chi connectivity index (χ4n) is 5.04. The number of hydrogen-bond acceptors (Lipinski definition) is 4. The molecule has 0 aliphatic heterocycles. The Morgan fingerprint density at radius 2 is 1.38 bits per heavy atom. The highest BCUT2D eigenvalue weighted by Gasteiger charge is 2.34. The van der Waals surface area contributed by atoms with Gasteiger partial charge in [0, 0.05) is 24.0 Å². The summed E-state index contributed by atoms with van der Waals surface area (Å²) in [5.41, 5.74) is 2.97. The molecule has 0 saturated carbocycles. The van der Waals surface area contributed by atoms with E-state index in [0.717, 1.165) is 15.4 Å². The molecule has 0 spiro atoms. The molecule has 0 aromatic heterocycles. The van der Waals surface area contributed by atoms with Gasteiger partial charge in [-0.25, -0.2) is 8.42 Å². The standard InChI is InChI=1S/C36H40ClN3O4S/c1-26(2)30-18-20-32(21-19-30)40(45(43,44)33-16-9-6-10-17-33)25-35(41)39(24-29-14-11-15-31(37)22-29)34(36(42)38-27(3)4)23-28-12-7-5-8-13-28/h5-22,26-27,34H,23-25H2,1-4H3,(H,38,42)/t34-/m1/s1. The van der Waals surface area contributed by atoms with E-state index in [9.17, 15) is 18.0 Å². The van der Waals surface area contributed by atoms with E-state index in [1.54, 1.807) is 48.5 Å². The van der Waals surface area contributed by atoms with Crippen molar-refractivity contribution in [3.8, 4) is 0 Å². The Morgan fingerprint density at radius 3 is 1.96 bits per heavy atom. The number of halogens is 1. The molecule has 0 bridgehead atoms. The van der Waals surface area contributed by atoms with Crippen molar-refractivity contribution in [2.45, 2.75) is 63.6 Å². The van der Waals surface area contributed by atoms with Crippen LogP contribution >= 0.6 is 11.6 Å². The quantitative estimate of drug-likeness (QED) is 0.173. The second kappa shape index (κ2) is 15.2. The lowest BCUT2D eigenvalue weighted by Gasteiger charge is -2.34. The normalized spacial score (nSPS) is 12.2. The predicted octanol–water partition coefficient (Wildman–Crippen LogP) is 6.82. The third-order valence-electron chi connectivity index (χ3n) is 7.40. The first kappa shape index (κ1) is 33.7. The largest absolute Gasteiger partial charge is 0.352 e. The number of benzene rings is 4. The SMILES string of the molecule is CC(C)NC(=O)[C@@H](Cc1ccccc1)N(Cc1cccc(Cl)c1)C(=O)CN(c1ccc(C(C)C)cc1)S(=O)(=O)c1ccccc1. The number of carbonyl (C=O) groups excluding carboxylic acids is 2. The van der Waals surface area contributed by atoms with Gasteiger partial charge in [0.1, 0.15) is 12.6 Å². The van der Waals surface area contributed by atoms with Crippen LogP contribution in [-0.2, 0) is 32.6 Å². The molecule has 4 aromatic carbocycles. The second-order valence-corrected chi connectivity index (χ2v) is 13.9. The van der Waals surface area contributed by atoms with Gasteiger partial charge >= 0.3 is 0 Å². The van der Waals surface area contributed by atoms with E-state index in [1.165, 1.54) is 17.0 Å². The van der Waals surface area contributed by atoms with Gasteiger partial charge in [-0.1, -0.05) is 98.2 Å². The Kier molecular flexibility index (Phi) is 11.4. The van der Waals surface area contributed by atoms with Crippen LogP contribution in [-0.4, -0.2) is 43.8 Å². The maximum absolute atomic E-state index is 14.5. The minimum atomic E-state index is -4.16. The molecule has 4 aromatic rings. The molecule has 0 aliphatic rings. The lowest BCUT2D eigenvalue weighted by molar-refractivity contribution is -0.140. The Morgan fingerprint density at radius 1 is 0.778 bits per heavy atom.